The number of rotatable bonds is 11. The van der Waals surface area contributed by atoms with E-state index in [9.17, 15) is 0 Å². The number of pyridine rings is 3. The molecule has 17 aromatic carbocycles. The molecule has 10 heterocycles. The highest BCUT2D eigenvalue weighted by Crippen LogP contribution is 2.43. The summed E-state index contributed by atoms with van der Waals surface area (Å²) in [7, 11) is 0. The summed E-state index contributed by atoms with van der Waals surface area (Å²) in [6.45, 7) is 0. The molecule has 27 rings (SSSR count). The molecule has 27 aromatic rings. The molecule has 11 nitrogen and oxygen atoms in total. The van der Waals surface area contributed by atoms with E-state index in [0.29, 0.717) is 5.95 Å². The Bertz CT molecular complexity index is 8980. The Morgan fingerprint density at radius 3 is 0.900 bits per heavy atom. The molecule has 0 saturated carbocycles. The van der Waals surface area contributed by atoms with E-state index in [1.165, 1.54) is 109 Å². The van der Waals surface area contributed by atoms with Crippen molar-refractivity contribution in [3.05, 3.63) is 467 Å². The highest BCUT2D eigenvalue weighted by molar-refractivity contribution is 6.16. The summed E-state index contributed by atoms with van der Waals surface area (Å²) in [4.78, 5) is 25.0. The zero-order chi connectivity index (χ0) is 85.7. The molecule has 0 atom stereocenters. The SMILES string of the molecule is c1cc(-c2ccc3ccccc3c2)cc(-c2ccnc(-n3c4ccccc4c4cc(-n5c6ccccc6c6ccccc65)ccc43)n2)c1.c1ccc(-c2ccc(-c3cccc(-n4c5ccccc5c5cc(-n6c7ccccc7c7ccccc76)ccc54)n3)cn2)cc1.c1ccc(-c2cccc(-n3c4ccccc4c4cc(-n5c6ccccc6c6ccccc65)ccc43)n2)cc1. The van der Waals surface area contributed by atoms with Gasteiger partial charge in [0.2, 0.25) is 5.95 Å². The first kappa shape index (κ1) is 74.9. The average molecular weight is 1660 g/mol. The van der Waals surface area contributed by atoms with Crippen LogP contribution in [-0.4, -0.2) is 52.3 Å². The first-order valence-electron chi connectivity index (χ1n) is 44.0. The van der Waals surface area contributed by atoms with Gasteiger partial charge in [-0.15, -0.1) is 0 Å². The number of hydrogen-bond acceptors (Lipinski definition) is 5. The van der Waals surface area contributed by atoms with Crippen LogP contribution < -0.4 is 0 Å². The molecule has 0 N–H and O–H groups in total. The van der Waals surface area contributed by atoms with Gasteiger partial charge < -0.3 is 13.7 Å². The Hall–Kier alpha value is -17.7. The quantitative estimate of drug-likeness (QED) is 0.129. The van der Waals surface area contributed by atoms with Gasteiger partial charge in [0.1, 0.15) is 11.6 Å². The summed E-state index contributed by atoms with van der Waals surface area (Å²) in [5.41, 5.74) is 27.7. The average Bonchev–Trinajstić information content (AvgIpc) is 1.58. The number of para-hydroxylation sites is 9. The minimum absolute atomic E-state index is 0.652. The molecule has 0 aliphatic carbocycles. The number of hydrogen-bond donors (Lipinski definition) is 0. The Morgan fingerprint density at radius 1 is 0.154 bits per heavy atom. The predicted octanol–water partition coefficient (Wildman–Crippen LogP) is 30.1. The molecule has 0 radical (unpaired) electrons. The van der Waals surface area contributed by atoms with Gasteiger partial charge in [0.15, 0.2) is 0 Å². The van der Waals surface area contributed by atoms with Gasteiger partial charge in [0, 0.05) is 116 Å². The lowest BCUT2D eigenvalue weighted by molar-refractivity contribution is 0.992. The summed E-state index contributed by atoms with van der Waals surface area (Å²) in [5, 5.41) is 17.2. The van der Waals surface area contributed by atoms with E-state index in [1.807, 2.05) is 42.7 Å². The summed E-state index contributed by atoms with van der Waals surface area (Å²) >= 11 is 0. The molecule has 11 heteroatoms. The monoisotopic (exact) mass is 1660 g/mol. The molecule has 0 aliphatic rings. The Labute approximate surface area is 747 Å². The highest BCUT2D eigenvalue weighted by Gasteiger charge is 2.23. The van der Waals surface area contributed by atoms with Crippen LogP contribution in [0.25, 0.3) is 232 Å². The number of benzene rings is 17. The van der Waals surface area contributed by atoms with Crippen LogP contribution in [-0.2, 0) is 0 Å². The molecule has 130 heavy (non-hydrogen) atoms. The lowest BCUT2D eigenvalue weighted by Crippen LogP contribution is -2.02. The second-order valence-electron chi connectivity index (χ2n) is 33.1. The summed E-state index contributed by atoms with van der Waals surface area (Å²) in [6.07, 6.45) is 3.78. The Balaban J connectivity index is 0.000000106. The van der Waals surface area contributed by atoms with Crippen molar-refractivity contribution in [2.24, 2.45) is 0 Å². The fourth-order valence-corrected chi connectivity index (χ4v) is 19.8. The Kier molecular flexibility index (Phi) is 18.0. The van der Waals surface area contributed by atoms with Gasteiger partial charge in [0.25, 0.3) is 0 Å². The van der Waals surface area contributed by atoms with Gasteiger partial charge in [-0.05, 0) is 186 Å². The fourth-order valence-electron chi connectivity index (χ4n) is 19.8. The van der Waals surface area contributed by atoms with Crippen molar-refractivity contribution in [3.8, 4) is 90.8 Å². The molecule has 0 spiro atoms. The maximum atomic E-state index is 5.17. The van der Waals surface area contributed by atoms with Crippen LogP contribution in [0, 0.1) is 0 Å². The van der Waals surface area contributed by atoms with Gasteiger partial charge in [-0.2, -0.15) is 0 Å². The zero-order valence-electron chi connectivity index (χ0n) is 70.4. The van der Waals surface area contributed by atoms with Gasteiger partial charge in [-0.3, -0.25) is 18.7 Å². The summed E-state index contributed by atoms with van der Waals surface area (Å²) in [5.74, 6) is 2.45. The van der Waals surface area contributed by atoms with E-state index in [2.05, 4.69) is 452 Å². The van der Waals surface area contributed by atoms with Crippen molar-refractivity contribution in [2.75, 3.05) is 0 Å². The third-order valence-corrected chi connectivity index (χ3v) is 25.7. The van der Waals surface area contributed by atoms with Crippen molar-refractivity contribution in [1.82, 2.24) is 52.3 Å². The largest absolute Gasteiger partial charge is 0.309 e. The molecule has 0 fully saturated rings. The van der Waals surface area contributed by atoms with Gasteiger partial charge in [-0.1, -0.05) is 291 Å². The Morgan fingerprint density at radius 2 is 0.469 bits per heavy atom. The molecule has 0 aliphatic heterocycles. The number of aromatic nitrogens is 11. The zero-order valence-corrected chi connectivity index (χ0v) is 70.4. The van der Waals surface area contributed by atoms with Gasteiger partial charge in [0.05, 0.1) is 89.0 Å². The van der Waals surface area contributed by atoms with Crippen LogP contribution >= 0.6 is 0 Å². The second-order valence-corrected chi connectivity index (χ2v) is 33.1. The maximum absolute atomic E-state index is 5.17. The third-order valence-electron chi connectivity index (χ3n) is 25.7. The number of nitrogens with zero attached hydrogens (tertiary/aromatic N) is 11. The summed E-state index contributed by atoms with van der Waals surface area (Å²) < 4.78 is 13.9. The topological polar surface area (TPSA) is 94.0 Å². The fraction of sp³-hybridized carbons (Fsp3) is 0. The molecule has 0 amide bonds. The van der Waals surface area contributed by atoms with E-state index >= 15 is 0 Å². The van der Waals surface area contributed by atoms with Gasteiger partial charge >= 0.3 is 0 Å². The van der Waals surface area contributed by atoms with Crippen molar-refractivity contribution in [2.45, 2.75) is 0 Å². The van der Waals surface area contributed by atoms with Crippen LogP contribution in [0.1, 0.15) is 0 Å². The van der Waals surface area contributed by atoms with E-state index < -0.39 is 0 Å². The van der Waals surface area contributed by atoms with E-state index in [0.717, 1.165) is 118 Å². The molecular formula is C119H77N11. The van der Waals surface area contributed by atoms with Crippen LogP contribution in [0.4, 0.5) is 0 Å². The molecule has 0 unspecified atom stereocenters. The maximum Gasteiger partial charge on any atom is 0.235 e. The lowest BCUT2D eigenvalue weighted by Gasteiger charge is -2.11. The molecule has 608 valence electrons. The minimum Gasteiger partial charge on any atom is -0.309 e. The lowest BCUT2D eigenvalue weighted by atomic mass is 9.99. The predicted molar refractivity (Wildman–Crippen MR) is 539 cm³/mol. The molecule has 0 bridgehead atoms. The molecule has 0 saturated heterocycles. The van der Waals surface area contributed by atoms with Crippen molar-refractivity contribution >= 4 is 142 Å². The van der Waals surface area contributed by atoms with Crippen molar-refractivity contribution < 1.29 is 0 Å². The van der Waals surface area contributed by atoms with E-state index in [4.69, 9.17) is 24.9 Å². The first-order valence-corrected chi connectivity index (χ1v) is 44.0. The minimum atomic E-state index is 0.652. The van der Waals surface area contributed by atoms with Gasteiger partial charge in [-0.25, -0.2) is 19.9 Å². The standard InChI is InChI=1S/C44H28N4.C40H26N4.C35H23N3/c1-2-11-30-26-32(21-20-29(30)10-1)31-12-9-13-33(27-31)39-24-25-45-44(46-39)48-42-19-8-5-16-37(42)38-28-34(22-23-43(38)48)47-40-17-6-3-14-35(40)36-15-4-7-18-41(36)47;1-2-11-27(12-3-1)34-23-21-28(26-41-34)35-16-10-20-40(42-35)44-38-19-9-6-15-32(38)33-25-29(22-24-39(33)44)43-36-17-7-4-13-30(36)31-14-5-8-18-37(31)43;1-2-11-24(12-3-1)30-16-10-20-35(36-30)38-33-19-9-6-15-28(33)29-23-25(21-22-34(29)38)37-31-17-7-4-13-26(31)27-14-5-8-18-32(27)37/h1-28H;1-26H;1-23H. The summed E-state index contributed by atoms with van der Waals surface area (Å²) in [6, 6.07) is 161. The molecule has 10 aromatic heterocycles. The van der Waals surface area contributed by atoms with Crippen LogP contribution in [0.2, 0.25) is 0 Å². The molecular weight excluding hydrogens is 1580 g/mol. The van der Waals surface area contributed by atoms with Crippen LogP contribution in [0.15, 0.2) is 467 Å². The van der Waals surface area contributed by atoms with Crippen molar-refractivity contribution in [3.63, 3.8) is 0 Å². The highest BCUT2D eigenvalue weighted by atomic mass is 15.2. The second kappa shape index (κ2) is 31.2. The normalized spacial score (nSPS) is 11.7. The van der Waals surface area contributed by atoms with Crippen LogP contribution in [0.5, 0.6) is 0 Å². The van der Waals surface area contributed by atoms with Crippen molar-refractivity contribution in [1.29, 1.82) is 0 Å². The number of fused-ring (bicyclic) bond motifs is 19. The van der Waals surface area contributed by atoms with Crippen LogP contribution in [0.3, 0.4) is 0 Å². The first-order chi connectivity index (χ1) is 64.5. The van der Waals surface area contributed by atoms with E-state index in [1.54, 1.807) is 0 Å². The smallest absolute Gasteiger partial charge is 0.235 e. The van der Waals surface area contributed by atoms with E-state index in [-0.39, 0.29) is 0 Å². The third kappa shape index (κ3) is 12.7.